The maximum atomic E-state index is 12.5. The zero-order valence-electron chi connectivity index (χ0n) is 14.0. The van der Waals surface area contributed by atoms with Crippen LogP contribution in [0, 0.1) is 0 Å². The number of carbonyl (C=O) groups excluding carboxylic acids is 1. The van der Waals surface area contributed by atoms with Crippen molar-refractivity contribution in [3.05, 3.63) is 36.5 Å². The smallest absolute Gasteiger partial charge is 0.256 e. The van der Waals surface area contributed by atoms with Crippen molar-refractivity contribution < 1.29 is 9.90 Å². The summed E-state index contributed by atoms with van der Waals surface area (Å²) in [5.41, 5.74) is -0.451. The highest BCUT2D eigenvalue weighted by Crippen LogP contribution is 2.25. The number of rotatable bonds is 4. The number of likely N-dealkylation sites (N-methyl/N-ethyl adjacent to an activating group) is 1. The molecule has 8 nitrogen and oxygen atoms in total. The molecule has 1 saturated heterocycles. The maximum absolute atomic E-state index is 12.5. The Kier molecular flexibility index (Phi) is 4.48. The number of amides is 1. The molecule has 0 spiro atoms. The summed E-state index contributed by atoms with van der Waals surface area (Å²) in [5, 5.41) is 15.0. The molecule has 0 aliphatic carbocycles. The predicted octanol–water partition coefficient (Wildman–Crippen LogP) is 0.314. The van der Waals surface area contributed by atoms with Crippen LogP contribution in [0.5, 0.6) is 0 Å². The van der Waals surface area contributed by atoms with E-state index in [1.165, 1.54) is 6.20 Å². The van der Waals surface area contributed by atoms with Gasteiger partial charge in [-0.2, -0.15) is 5.10 Å². The lowest BCUT2D eigenvalue weighted by atomic mass is 9.92. The monoisotopic (exact) mass is 330 g/mol. The highest BCUT2D eigenvalue weighted by atomic mass is 16.3. The molecule has 3 rings (SSSR count). The SMILES string of the molecule is CN(C[C@]1(O)CCCN(c2cnccn2)C1)C(=O)c1cnn(C)c1. The van der Waals surface area contributed by atoms with E-state index in [0.29, 0.717) is 18.5 Å². The van der Waals surface area contributed by atoms with Gasteiger partial charge in [-0.1, -0.05) is 0 Å². The molecule has 2 aromatic rings. The van der Waals surface area contributed by atoms with Gasteiger partial charge in [-0.05, 0) is 12.8 Å². The van der Waals surface area contributed by atoms with E-state index in [1.807, 2.05) is 4.90 Å². The zero-order valence-corrected chi connectivity index (χ0v) is 14.0. The molecule has 24 heavy (non-hydrogen) atoms. The first-order valence-electron chi connectivity index (χ1n) is 7.94. The molecular weight excluding hydrogens is 308 g/mol. The molecular formula is C16H22N6O2. The lowest BCUT2D eigenvalue weighted by molar-refractivity contribution is -0.000147. The minimum Gasteiger partial charge on any atom is -0.386 e. The molecule has 0 saturated carbocycles. The molecule has 1 atom stereocenters. The van der Waals surface area contributed by atoms with Crippen LogP contribution in [0.4, 0.5) is 5.82 Å². The summed E-state index contributed by atoms with van der Waals surface area (Å²) in [6.07, 6.45) is 9.65. The molecule has 0 bridgehead atoms. The van der Waals surface area contributed by atoms with Gasteiger partial charge in [-0.15, -0.1) is 0 Å². The van der Waals surface area contributed by atoms with Gasteiger partial charge in [-0.25, -0.2) is 4.98 Å². The summed E-state index contributed by atoms with van der Waals surface area (Å²) in [7, 11) is 3.47. The number of nitrogens with zero attached hydrogens (tertiary/aromatic N) is 6. The molecule has 1 amide bonds. The molecule has 8 heteroatoms. The number of hydrogen-bond donors (Lipinski definition) is 1. The lowest BCUT2D eigenvalue weighted by Gasteiger charge is -2.41. The molecule has 1 fully saturated rings. The minimum atomic E-state index is -0.970. The fraction of sp³-hybridized carbons (Fsp3) is 0.500. The lowest BCUT2D eigenvalue weighted by Crippen LogP contribution is -2.54. The van der Waals surface area contributed by atoms with Gasteiger partial charge in [0.15, 0.2) is 0 Å². The third-order valence-electron chi connectivity index (χ3n) is 4.26. The van der Waals surface area contributed by atoms with Gasteiger partial charge in [0, 0.05) is 45.8 Å². The standard InChI is InChI=1S/C16H22N6O2/c1-20(15(23)13-8-19-21(2)10-13)11-16(24)4-3-7-22(12-16)14-9-17-5-6-18-14/h5-6,8-10,24H,3-4,7,11-12H2,1-2H3/t16-/m1/s1. The second kappa shape index (κ2) is 6.56. The molecule has 3 heterocycles. The number of β-amino-alcohol motifs (C(OH)–C–C–N with tert-alkyl or cyclic N) is 1. The van der Waals surface area contributed by atoms with Crippen LogP contribution in [0.15, 0.2) is 31.0 Å². The largest absolute Gasteiger partial charge is 0.386 e. The topological polar surface area (TPSA) is 87.4 Å². The number of aryl methyl sites for hydroxylation is 1. The molecule has 0 unspecified atom stereocenters. The Morgan fingerprint density at radius 1 is 1.42 bits per heavy atom. The Balaban J connectivity index is 1.67. The van der Waals surface area contributed by atoms with Gasteiger partial charge in [0.2, 0.25) is 0 Å². The van der Waals surface area contributed by atoms with E-state index in [9.17, 15) is 9.90 Å². The molecule has 128 valence electrons. The summed E-state index contributed by atoms with van der Waals surface area (Å²) in [4.78, 5) is 24.4. The quantitative estimate of drug-likeness (QED) is 0.868. The Morgan fingerprint density at radius 3 is 2.92 bits per heavy atom. The molecule has 0 aromatic carbocycles. The first-order chi connectivity index (χ1) is 11.5. The molecule has 1 N–H and O–H groups in total. The first kappa shape index (κ1) is 16.4. The van der Waals surface area contributed by atoms with Crippen LogP contribution >= 0.6 is 0 Å². The van der Waals surface area contributed by atoms with Crippen LogP contribution in [0.2, 0.25) is 0 Å². The molecule has 1 aliphatic rings. The van der Waals surface area contributed by atoms with Crippen molar-refractivity contribution in [1.29, 1.82) is 0 Å². The van der Waals surface area contributed by atoms with Gasteiger partial charge in [0.1, 0.15) is 5.82 Å². The van der Waals surface area contributed by atoms with Crippen LogP contribution < -0.4 is 4.90 Å². The van der Waals surface area contributed by atoms with Crippen molar-refractivity contribution in [3.63, 3.8) is 0 Å². The third kappa shape index (κ3) is 3.53. The van der Waals surface area contributed by atoms with E-state index in [-0.39, 0.29) is 12.5 Å². The summed E-state index contributed by atoms with van der Waals surface area (Å²) < 4.78 is 1.59. The summed E-state index contributed by atoms with van der Waals surface area (Å²) in [6, 6.07) is 0. The molecule has 2 aromatic heterocycles. The van der Waals surface area contributed by atoms with Crippen molar-refractivity contribution >= 4 is 11.7 Å². The van der Waals surface area contributed by atoms with Crippen LogP contribution in [-0.2, 0) is 7.05 Å². The fourth-order valence-electron chi connectivity index (χ4n) is 3.16. The fourth-order valence-corrected chi connectivity index (χ4v) is 3.16. The van der Waals surface area contributed by atoms with Gasteiger partial charge in [0.25, 0.3) is 5.91 Å². The van der Waals surface area contributed by atoms with E-state index < -0.39 is 5.60 Å². The molecule has 1 aliphatic heterocycles. The van der Waals surface area contributed by atoms with Crippen LogP contribution in [0.25, 0.3) is 0 Å². The van der Waals surface area contributed by atoms with E-state index in [4.69, 9.17) is 0 Å². The predicted molar refractivity (Wildman–Crippen MR) is 88.6 cm³/mol. The second-order valence-electron chi connectivity index (χ2n) is 6.38. The highest BCUT2D eigenvalue weighted by molar-refractivity contribution is 5.93. The van der Waals surface area contributed by atoms with E-state index in [0.717, 1.165) is 18.8 Å². The minimum absolute atomic E-state index is 0.145. The van der Waals surface area contributed by atoms with Gasteiger partial charge >= 0.3 is 0 Å². The van der Waals surface area contributed by atoms with E-state index in [2.05, 4.69) is 15.1 Å². The van der Waals surface area contributed by atoms with Crippen molar-refractivity contribution in [1.82, 2.24) is 24.6 Å². The first-order valence-corrected chi connectivity index (χ1v) is 7.94. The number of piperidine rings is 1. The van der Waals surface area contributed by atoms with E-state index in [1.54, 1.807) is 48.5 Å². The van der Waals surface area contributed by atoms with E-state index >= 15 is 0 Å². The average molecular weight is 330 g/mol. The molecule has 0 radical (unpaired) electrons. The maximum Gasteiger partial charge on any atom is 0.256 e. The van der Waals surface area contributed by atoms with Crippen molar-refractivity contribution in [3.8, 4) is 0 Å². The number of aliphatic hydroxyl groups is 1. The van der Waals surface area contributed by atoms with Gasteiger partial charge < -0.3 is 14.9 Å². The van der Waals surface area contributed by atoms with Crippen LogP contribution in [-0.4, -0.2) is 67.9 Å². The Hall–Kier alpha value is -2.48. The number of aromatic nitrogens is 4. The summed E-state index contributed by atoms with van der Waals surface area (Å²) in [6.45, 7) is 1.51. The number of carbonyl (C=O) groups is 1. The zero-order chi connectivity index (χ0) is 17.2. The summed E-state index contributed by atoms with van der Waals surface area (Å²) >= 11 is 0. The van der Waals surface area contributed by atoms with Gasteiger partial charge in [-0.3, -0.25) is 14.5 Å². The van der Waals surface area contributed by atoms with Crippen LogP contribution in [0.3, 0.4) is 0 Å². The number of hydrogen-bond acceptors (Lipinski definition) is 6. The number of anilines is 1. The van der Waals surface area contributed by atoms with Crippen LogP contribution in [0.1, 0.15) is 23.2 Å². The third-order valence-corrected chi connectivity index (χ3v) is 4.26. The van der Waals surface area contributed by atoms with Crippen molar-refractivity contribution in [2.24, 2.45) is 7.05 Å². The van der Waals surface area contributed by atoms with Crippen molar-refractivity contribution in [2.75, 3.05) is 31.6 Å². The average Bonchev–Trinajstić information content (AvgIpc) is 3.01. The normalized spacial score (nSPS) is 20.9. The Labute approximate surface area is 140 Å². The second-order valence-corrected chi connectivity index (χ2v) is 6.38. The Bertz CT molecular complexity index is 704. The van der Waals surface area contributed by atoms with Crippen molar-refractivity contribution in [2.45, 2.75) is 18.4 Å². The highest BCUT2D eigenvalue weighted by Gasteiger charge is 2.36. The Morgan fingerprint density at radius 2 is 2.25 bits per heavy atom. The summed E-state index contributed by atoms with van der Waals surface area (Å²) in [5.74, 6) is 0.602. The van der Waals surface area contributed by atoms with Gasteiger partial charge in [0.05, 0.1) is 30.1 Å².